The smallest absolute Gasteiger partial charge is 0.188 e. The Labute approximate surface area is 134 Å². The predicted octanol–water partition coefficient (Wildman–Crippen LogP) is 2.52. The summed E-state index contributed by atoms with van der Waals surface area (Å²) in [5.74, 6) is 1.45. The minimum atomic E-state index is 0. The van der Waals surface area contributed by atoms with Crippen LogP contribution < -0.4 is 11.1 Å². The Morgan fingerprint density at radius 2 is 2.16 bits per heavy atom. The highest BCUT2D eigenvalue weighted by Crippen LogP contribution is 2.48. The molecule has 5 heteroatoms. The highest BCUT2D eigenvalue weighted by molar-refractivity contribution is 14.0. The Morgan fingerprint density at radius 1 is 1.42 bits per heavy atom. The van der Waals surface area contributed by atoms with E-state index in [1.807, 2.05) is 6.92 Å². The molecular formula is C14H28IN3O. The van der Waals surface area contributed by atoms with Crippen molar-refractivity contribution < 1.29 is 4.74 Å². The van der Waals surface area contributed by atoms with Crippen molar-refractivity contribution in [3.05, 3.63) is 0 Å². The van der Waals surface area contributed by atoms with Crippen molar-refractivity contribution in [2.75, 3.05) is 26.3 Å². The van der Waals surface area contributed by atoms with E-state index in [1.54, 1.807) is 0 Å². The summed E-state index contributed by atoms with van der Waals surface area (Å²) in [6, 6.07) is 0. The van der Waals surface area contributed by atoms with Crippen LogP contribution in [0.3, 0.4) is 0 Å². The maximum absolute atomic E-state index is 5.90. The van der Waals surface area contributed by atoms with Gasteiger partial charge in [0.2, 0.25) is 0 Å². The van der Waals surface area contributed by atoms with Gasteiger partial charge >= 0.3 is 0 Å². The van der Waals surface area contributed by atoms with Gasteiger partial charge in [-0.25, -0.2) is 0 Å². The maximum Gasteiger partial charge on any atom is 0.188 e. The van der Waals surface area contributed by atoms with Crippen molar-refractivity contribution >= 4 is 29.9 Å². The monoisotopic (exact) mass is 381 g/mol. The molecule has 0 bridgehead atoms. The fourth-order valence-corrected chi connectivity index (χ4v) is 2.35. The minimum Gasteiger partial charge on any atom is -0.382 e. The minimum absolute atomic E-state index is 0. The zero-order valence-electron chi connectivity index (χ0n) is 12.0. The van der Waals surface area contributed by atoms with Crippen molar-refractivity contribution in [3.63, 3.8) is 0 Å². The van der Waals surface area contributed by atoms with Crippen LogP contribution in [0.2, 0.25) is 0 Å². The molecule has 3 N–H and O–H groups in total. The van der Waals surface area contributed by atoms with Gasteiger partial charge in [-0.2, -0.15) is 0 Å². The number of hydrogen-bond acceptors (Lipinski definition) is 2. The van der Waals surface area contributed by atoms with Crippen molar-refractivity contribution in [1.82, 2.24) is 5.32 Å². The van der Waals surface area contributed by atoms with Crippen molar-refractivity contribution in [2.45, 2.75) is 45.4 Å². The average molecular weight is 381 g/mol. The summed E-state index contributed by atoms with van der Waals surface area (Å²) < 4.78 is 5.42. The average Bonchev–Trinajstić information content (AvgIpc) is 3.06. The SMILES string of the molecule is CCOCCC1(CN=C(N)NCC2CCC2)CC1.I. The van der Waals surface area contributed by atoms with Crippen molar-refractivity contribution in [1.29, 1.82) is 0 Å². The molecule has 0 amide bonds. The first kappa shape index (κ1) is 17.0. The van der Waals surface area contributed by atoms with Crippen LogP contribution in [0.25, 0.3) is 0 Å². The Hall–Kier alpha value is -0.0400. The van der Waals surface area contributed by atoms with E-state index in [4.69, 9.17) is 10.5 Å². The van der Waals surface area contributed by atoms with Gasteiger partial charge in [0, 0.05) is 26.3 Å². The van der Waals surface area contributed by atoms with Crippen LogP contribution in [0.15, 0.2) is 4.99 Å². The number of nitrogens with one attached hydrogen (secondary N) is 1. The summed E-state index contributed by atoms with van der Waals surface area (Å²) in [5, 5.41) is 3.25. The van der Waals surface area contributed by atoms with E-state index in [-0.39, 0.29) is 24.0 Å². The predicted molar refractivity (Wildman–Crippen MR) is 90.0 cm³/mol. The Balaban J connectivity index is 0.00000180. The topological polar surface area (TPSA) is 59.6 Å². The van der Waals surface area contributed by atoms with Gasteiger partial charge in [0.05, 0.1) is 0 Å². The first-order chi connectivity index (χ1) is 8.74. The standard InChI is InChI=1S/C14H27N3O.HI/c1-2-18-9-8-14(6-7-14)11-17-13(15)16-10-12-4-3-5-12;/h12H,2-11H2,1H3,(H3,15,16,17);1H. The molecule has 0 aromatic heterocycles. The van der Waals surface area contributed by atoms with Gasteiger partial charge in [0.1, 0.15) is 0 Å². The molecule has 4 nitrogen and oxygen atoms in total. The molecule has 2 rings (SSSR count). The number of nitrogens with zero attached hydrogens (tertiary/aromatic N) is 1. The molecule has 19 heavy (non-hydrogen) atoms. The molecule has 0 aromatic rings. The third-order valence-electron chi connectivity index (χ3n) is 4.32. The molecule has 0 radical (unpaired) electrons. The normalized spacial score (nSPS) is 21.4. The Kier molecular flexibility index (Phi) is 7.42. The lowest BCUT2D eigenvalue weighted by Crippen LogP contribution is -2.37. The van der Waals surface area contributed by atoms with E-state index in [1.165, 1.54) is 32.1 Å². The number of rotatable bonds is 8. The van der Waals surface area contributed by atoms with Gasteiger partial charge in [0.25, 0.3) is 0 Å². The van der Waals surface area contributed by atoms with Crippen LogP contribution in [0.4, 0.5) is 0 Å². The van der Waals surface area contributed by atoms with Gasteiger partial charge in [-0.05, 0) is 50.4 Å². The maximum atomic E-state index is 5.90. The first-order valence-electron chi connectivity index (χ1n) is 7.36. The quantitative estimate of drug-likeness (QED) is 0.294. The van der Waals surface area contributed by atoms with E-state index in [0.717, 1.165) is 38.6 Å². The zero-order chi connectivity index (χ0) is 12.8. The van der Waals surface area contributed by atoms with Crippen LogP contribution >= 0.6 is 24.0 Å². The Bertz CT molecular complexity index is 288. The summed E-state index contributed by atoms with van der Waals surface area (Å²) in [6.45, 7) is 5.58. The molecule has 0 aromatic carbocycles. The molecule has 0 spiro atoms. The first-order valence-corrected chi connectivity index (χ1v) is 7.36. The van der Waals surface area contributed by atoms with E-state index in [0.29, 0.717) is 11.4 Å². The third kappa shape index (κ3) is 5.85. The molecule has 112 valence electrons. The van der Waals surface area contributed by atoms with Crippen molar-refractivity contribution in [2.24, 2.45) is 22.1 Å². The number of guanidine groups is 1. The fourth-order valence-electron chi connectivity index (χ4n) is 2.35. The number of ether oxygens (including phenoxy) is 1. The molecule has 2 aliphatic rings. The van der Waals surface area contributed by atoms with E-state index in [2.05, 4.69) is 10.3 Å². The van der Waals surface area contributed by atoms with Gasteiger partial charge in [-0.3, -0.25) is 4.99 Å². The van der Waals surface area contributed by atoms with Crippen LogP contribution in [0.1, 0.15) is 45.4 Å². The Morgan fingerprint density at radius 3 is 2.68 bits per heavy atom. The van der Waals surface area contributed by atoms with Crippen LogP contribution in [0.5, 0.6) is 0 Å². The molecule has 0 aliphatic heterocycles. The van der Waals surface area contributed by atoms with Gasteiger partial charge < -0.3 is 15.8 Å². The zero-order valence-corrected chi connectivity index (χ0v) is 14.3. The van der Waals surface area contributed by atoms with Gasteiger partial charge in [0.15, 0.2) is 5.96 Å². The van der Waals surface area contributed by atoms with Crippen LogP contribution in [-0.2, 0) is 4.74 Å². The van der Waals surface area contributed by atoms with Crippen molar-refractivity contribution in [3.8, 4) is 0 Å². The summed E-state index contributed by atoms with van der Waals surface area (Å²) in [6.07, 6.45) is 7.75. The van der Waals surface area contributed by atoms with E-state index >= 15 is 0 Å². The van der Waals surface area contributed by atoms with E-state index in [9.17, 15) is 0 Å². The van der Waals surface area contributed by atoms with Crippen LogP contribution in [-0.4, -0.2) is 32.3 Å². The molecule has 2 fully saturated rings. The lowest BCUT2D eigenvalue weighted by Gasteiger charge is -2.25. The van der Waals surface area contributed by atoms with Crippen LogP contribution in [0, 0.1) is 11.3 Å². The summed E-state index contributed by atoms with van der Waals surface area (Å²) in [7, 11) is 0. The number of hydrogen-bond donors (Lipinski definition) is 2. The molecule has 2 saturated carbocycles. The molecule has 0 atom stereocenters. The molecule has 0 saturated heterocycles. The summed E-state index contributed by atoms with van der Waals surface area (Å²) in [4.78, 5) is 4.50. The van der Waals surface area contributed by atoms with E-state index < -0.39 is 0 Å². The summed E-state index contributed by atoms with van der Waals surface area (Å²) >= 11 is 0. The number of nitrogens with two attached hydrogens (primary N) is 1. The second kappa shape index (κ2) is 8.29. The number of aliphatic imine (C=N–C) groups is 1. The second-order valence-electron chi connectivity index (χ2n) is 5.83. The fraction of sp³-hybridized carbons (Fsp3) is 0.929. The number of halogens is 1. The second-order valence-corrected chi connectivity index (χ2v) is 5.83. The van der Waals surface area contributed by atoms with Gasteiger partial charge in [-0.15, -0.1) is 24.0 Å². The van der Waals surface area contributed by atoms with Gasteiger partial charge in [-0.1, -0.05) is 6.42 Å². The largest absolute Gasteiger partial charge is 0.382 e. The lowest BCUT2D eigenvalue weighted by atomic mass is 9.85. The highest BCUT2D eigenvalue weighted by atomic mass is 127. The lowest BCUT2D eigenvalue weighted by molar-refractivity contribution is 0.129. The summed E-state index contributed by atoms with van der Waals surface area (Å²) in [5.41, 5.74) is 6.30. The highest BCUT2D eigenvalue weighted by Gasteiger charge is 2.41. The third-order valence-corrected chi connectivity index (χ3v) is 4.32. The molecule has 0 unspecified atom stereocenters. The molecular weight excluding hydrogens is 353 g/mol. The molecule has 2 aliphatic carbocycles. The molecule has 0 heterocycles.